The lowest BCUT2D eigenvalue weighted by Crippen LogP contribution is -2.41. The summed E-state index contributed by atoms with van der Waals surface area (Å²) < 4.78 is 0. The van der Waals surface area contributed by atoms with E-state index in [4.69, 9.17) is 10.8 Å². The molecule has 0 saturated heterocycles. The first-order valence-corrected chi connectivity index (χ1v) is 6.50. The van der Waals surface area contributed by atoms with Crippen LogP contribution >= 0.6 is 0 Å². The Morgan fingerprint density at radius 1 is 1.00 bits per heavy atom. The number of benzene rings is 2. The minimum absolute atomic E-state index is 0.0377. The molecule has 0 aliphatic heterocycles. The molecule has 20 heavy (non-hydrogen) atoms. The van der Waals surface area contributed by atoms with E-state index in [0.717, 1.165) is 11.1 Å². The minimum Gasteiger partial charge on any atom is -0.465 e. The summed E-state index contributed by atoms with van der Waals surface area (Å²) in [6.07, 6.45) is -1.06. The van der Waals surface area contributed by atoms with Gasteiger partial charge in [-0.05, 0) is 11.1 Å². The molecular formula is C16H18N2O2. The fraction of sp³-hybridized carbons (Fsp3) is 0.188. The topological polar surface area (TPSA) is 75.3 Å². The van der Waals surface area contributed by atoms with Crippen LogP contribution in [0.25, 0.3) is 0 Å². The number of rotatable bonds is 5. The van der Waals surface area contributed by atoms with Crippen LogP contribution in [-0.2, 0) is 0 Å². The normalized spacial score (nSPS) is 12.1. The first-order valence-electron chi connectivity index (χ1n) is 6.50. The molecule has 0 bridgehead atoms. The van der Waals surface area contributed by atoms with E-state index in [9.17, 15) is 4.79 Å². The molecular weight excluding hydrogens is 252 g/mol. The van der Waals surface area contributed by atoms with Crippen molar-refractivity contribution in [2.24, 2.45) is 5.73 Å². The largest absolute Gasteiger partial charge is 0.465 e. The smallest absolute Gasteiger partial charge is 0.404 e. The highest BCUT2D eigenvalue weighted by Crippen LogP contribution is 2.26. The second-order valence-electron chi connectivity index (χ2n) is 4.65. The van der Waals surface area contributed by atoms with Gasteiger partial charge in [-0.1, -0.05) is 60.7 Å². The van der Waals surface area contributed by atoms with Gasteiger partial charge < -0.3 is 16.2 Å². The van der Waals surface area contributed by atoms with Crippen LogP contribution in [0.4, 0.5) is 4.79 Å². The molecule has 0 fully saturated rings. The lowest BCUT2D eigenvalue weighted by atomic mass is 9.85. The number of hydrogen-bond donors (Lipinski definition) is 3. The second kappa shape index (κ2) is 6.73. The molecule has 0 aromatic heterocycles. The van der Waals surface area contributed by atoms with Crippen LogP contribution in [0.3, 0.4) is 0 Å². The van der Waals surface area contributed by atoms with Crippen molar-refractivity contribution < 1.29 is 9.90 Å². The number of hydrogen-bond acceptors (Lipinski definition) is 2. The average Bonchev–Trinajstić information content (AvgIpc) is 2.48. The Morgan fingerprint density at radius 2 is 1.45 bits per heavy atom. The Kier molecular flexibility index (Phi) is 4.74. The Bertz CT molecular complexity index is 503. The van der Waals surface area contributed by atoms with Gasteiger partial charge >= 0.3 is 6.09 Å². The first kappa shape index (κ1) is 14.1. The predicted molar refractivity (Wildman–Crippen MR) is 78.7 cm³/mol. The van der Waals surface area contributed by atoms with Crippen LogP contribution in [-0.4, -0.2) is 23.8 Å². The zero-order chi connectivity index (χ0) is 14.4. The molecule has 0 spiro atoms. The van der Waals surface area contributed by atoms with E-state index < -0.39 is 6.09 Å². The van der Waals surface area contributed by atoms with Gasteiger partial charge in [-0.3, -0.25) is 0 Å². The summed E-state index contributed by atoms with van der Waals surface area (Å²) in [5.41, 5.74) is 8.37. The molecule has 0 aliphatic carbocycles. The molecule has 1 amide bonds. The second-order valence-corrected chi connectivity index (χ2v) is 4.65. The number of carbonyl (C=O) groups is 1. The number of amides is 1. The molecule has 0 saturated carbocycles. The van der Waals surface area contributed by atoms with Gasteiger partial charge in [0.25, 0.3) is 0 Å². The van der Waals surface area contributed by atoms with Gasteiger partial charge in [0.1, 0.15) is 0 Å². The van der Waals surface area contributed by atoms with Crippen LogP contribution in [0.1, 0.15) is 17.0 Å². The first-order chi connectivity index (χ1) is 9.68. The summed E-state index contributed by atoms with van der Waals surface area (Å²) in [5.74, 6) is -0.0377. The summed E-state index contributed by atoms with van der Waals surface area (Å²) in [7, 11) is 0. The van der Waals surface area contributed by atoms with Gasteiger partial charge in [-0.15, -0.1) is 0 Å². The SMILES string of the molecule is N[C@@H](CNC(=O)O)C(c1ccccc1)c1ccccc1. The molecule has 0 aliphatic rings. The van der Waals surface area contributed by atoms with E-state index in [1.807, 2.05) is 60.7 Å². The van der Waals surface area contributed by atoms with Crippen molar-refractivity contribution in [3.8, 4) is 0 Å². The fourth-order valence-electron chi connectivity index (χ4n) is 2.33. The highest BCUT2D eigenvalue weighted by molar-refractivity contribution is 5.64. The summed E-state index contributed by atoms with van der Waals surface area (Å²) in [5, 5.41) is 11.1. The maximum absolute atomic E-state index is 10.6. The molecule has 0 radical (unpaired) electrons. The van der Waals surface area contributed by atoms with Crippen molar-refractivity contribution in [1.82, 2.24) is 5.32 Å². The molecule has 0 unspecified atom stereocenters. The van der Waals surface area contributed by atoms with E-state index >= 15 is 0 Å². The van der Waals surface area contributed by atoms with E-state index in [2.05, 4.69) is 5.32 Å². The lowest BCUT2D eigenvalue weighted by molar-refractivity contribution is 0.193. The van der Waals surface area contributed by atoms with Gasteiger partial charge in [0, 0.05) is 18.5 Å². The standard InChI is InChI=1S/C16H18N2O2/c17-14(11-18-16(19)20)15(12-7-3-1-4-8-12)13-9-5-2-6-10-13/h1-10,14-15,18H,11,17H2,(H,19,20)/t14-/m0/s1. The van der Waals surface area contributed by atoms with Crippen molar-refractivity contribution in [3.63, 3.8) is 0 Å². The molecule has 4 nitrogen and oxygen atoms in total. The highest BCUT2D eigenvalue weighted by Gasteiger charge is 2.21. The zero-order valence-electron chi connectivity index (χ0n) is 11.1. The maximum atomic E-state index is 10.6. The summed E-state index contributed by atoms with van der Waals surface area (Å²) in [6, 6.07) is 19.5. The Labute approximate surface area is 118 Å². The van der Waals surface area contributed by atoms with Crippen LogP contribution in [0.5, 0.6) is 0 Å². The summed E-state index contributed by atoms with van der Waals surface area (Å²) >= 11 is 0. The number of nitrogens with two attached hydrogens (primary N) is 1. The van der Waals surface area contributed by atoms with Crippen molar-refractivity contribution in [3.05, 3.63) is 71.8 Å². The van der Waals surface area contributed by atoms with Gasteiger partial charge in [0.2, 0.25) is 0 Å². The lowest BCUT2D eigenvalue weighted by Gasteiger charge is -2.25. The molecule has 4 heteroatoms. The van der Waals surface area contributed by atoms with Crippen molar-refractivity contribution >= 4 is 6.09 Å². The van der Waals surface area contributed by atoms with Crippen molar-refractivity contribution in [2.75, 3.05) is 6.54 Å². The van der Waals surface area contributed by atoms with E-state index in [0.29, 0.717) is 0 Å². The van der Waals surface area contributed by atoms with Crippen molar-refractivity contribution in [1.29, 1.82) is 0 Å². The third-order valence-corrected chi connectivity index (χ3v) is 3.23. The molecule has 2 rings (SSSR count). The fourth-order valence-corrected chi connectivity index (χ4v) is 2.33. The Morgan fingerprint density at radius 3 is 1.85 bits per heavy atom. The molecule has 2 aromatic rings. The van der Waals surface area contributed by atoms with Gasteiger partial charge in [0.05, 0.1) is 0 Å². The van der Waals surface area contributed by atoms with E-state index in [-0.39, 0.29) is 18.5 Å². The van der Waals surface area contributed by atoms with E-state index in [1.54, 1.807) is 0 Å². The van der Waals surface area contributed by atoms with Crippen LogP contribution in [0.15, 0.2) is 60.7 Å². The van der Waals surface area contributed by atoms with E-state index in [1.165, 1.54) is 0 Å². The maximum Gasteiger partial charge on any atom is 0.404 e. The Hall–Kier alpha value is -2.33. The average molecular weight is 270 g/mol. The monoisotopic (exact) mass is 270 g/mol. The number of carboxylic acid groups (broad SMARTS) is 1. The number of nitrogens with one attached hydrogen (secondary N) is 1. The van der Waals surface area contributed by atoms with Crippen molar-refractivity contribution in [2.45, 2.75) is 12.0 Å². The molecule has 0 heterocycles. The third kappa shape index (κ3) is 3.59. The van der Waals surface area contributed by atoms with Gasteiger partial charge in [0.15, 0.2) is 0 Å². The Balaban J connectivity index is 2.27. The molecule has 2 aromatic carbocycles. The molecule has 104 valence electrons. The third-order valence-electron chi connectivity index (χ3n) is 3.23. The van der Waals surface area contributed by atoms with Crippen LogP contribution < -0.4 is 11.1 Å². The predicted octanol–water partition coefficient (Wildman–Crippen LogP) is 2.41. The van der Waals surface area contributed by atoms with Crippen LogP contribution in [0.2, 0.25) is 0 Å². The van der Waals surface area contributed by atoms with Crippen LogP contribution in [0, 0.1) is 0 Å². The quantitative estimate of drug-likeness (QED) is 0.781. The van der Waals surface area contributed by atoms with Gasteiger partial charge in [-0.25, -0.2) is 4.79 Å². The minimum atomic E-state index is -1.06. The zero-order valence-corrected chi connectivity index (χ0v) is 11.1. The van der Waals surface area contributed by atoms with Gasteiger partial charge in [-0.2, -0.15) is 0 Å². The molecule has 4 N–H and O–H groups in total. The summed E-state index contributed by atoms with van der Waals surface area (Å²) in [4.78, 5) is 10.6. The highest BCUT2D eigenvalue weighted by atomic mass is 16.4. The summed E-state index contributed by atoms with van der Waals surface area (Å²) in [6.45, 7) is 0.212. The molecule has 1 atom stereocenters.